The van der Waals surface area contributed by atoms with E-state index in [0.717, 1.165) is 12.0 Å². The van der Waals surface area contributed by atoms with Gasteiger partial charge in [0.05, 0.1) is 13.2 Å². The lowest BCUT2D eigenvalue weighted by atomic mass is 9.61. The minimum Gasteiger partial charge on any atom is -0.507 e. The number of allylic oxidation sites excluding steroid dienone is 5. The number of phenols is 1. The zero-order valence-corrected chi connectivity index (χ0v) is 14.5. The SMILES string of the molecule is CCC1C=CC=CC1(c1ccc(OC)cc1O)C1C=CC=CN1C. The summed E-state index contributed by atoms with van der Waals surface area (Å²) in [5, 5.41) is 10.8. The Kier molecular flexibility index (Phi) is 4.52. The summed E-state index contributed by atoms with van der Waals surface area (Å²) in [6.45, 7) is 2.20. The van der Waals surface area contributed by atoms with Crippen LogP contribution in [0.15, 0.2) is 66.9 Å². The van der Waals surface area contributed by atoms with Crippen molar-refractivity contribution in [2.24, 2.45) is 5.92 Å². The van der Waals surface area contributed by atoms with Crippen molar-refractivity contribution in [2.45, 2.75) is 24.8 Å². The minimum atomic E-state index is -0.324. The quantitative estimate of drug-likeness (QED) is 0.902. The van der Waals surface area contributed by atoms with Crippen molar-refractivity contribution in [3.8, 4) is 11.5 Å². The number of methoxy groups -OCH3 is 1. The third kappa shape index (κ3) is 2.54. The number of ether oxygens (including phenoxy) is 1. The number of aromatic hydroxyl groups is 1. The molecule has 0 radical (unpaired) electrons. The van der Waals surface area contributed by atoms with E-state index in [2.05, 4.69) is 61.5 Å². The summed E-state index contributed by atoms with van der Waals surface area (Å²) in [5.74, 6) is 1.25. The molecule has 3 nitrogen and oxygen atoms in total. The summed E-state index contributed by atoms with van der Waals surface area (Å²) in [4.78, 5) is 2.22. The monoisotopic (exact) mass is 323 g/mol. The van der Waals surface area contributed by atoms with Crippen molar-refractivity contribution in [3.63, 3.8) is 0 Å². The Labute approximate surface area is 144 Å². The Balaban J connectivity index is 2.19. The number of benzene rings is 1. The third-order valence-electron chi connectivity index (χ3n) is 5.21. The Bertz CT molecular complexity index is 717. The van der Waals surface area contributed by atoms with E-state index in [-0.39, 0.29) is 17.2 Å². The Morgan fingerprint density at radius 2 is 1.96 bits per heavy atom. The number of nitrogens with zero attached hydrogens (tertiary/aromatic N) is 1. The molecule has 3 rings (SSSR count). The van der Waals surface area contributed by atoms with Crippen LogP contribution < -0.4 is 4.74 Å². The van der Waals surface area contributed by atoms with Crippen molar-refractivity contribution in [2.75, 3.05) is 14.2 Å². The second-order valence-electron chi connectivity index (χ2n) is 6.41. The van der Waals surface area contributed by atoms with Crippen LogP contribution in [0.4, 0.5) is 0 Å². The summed E-state index contributed by atoms with van der Waals surface area (Å²) < 4.78 is 5.26. The van der Waals surface area contributed by atoms with Crippen molar-refractivity contribution in [3.05, 3.63) is 72.5 Å². The number of hydrogen-bond donors (Lipinski definition) is 1. The fourth-order valence-electron chi connectivity index (χ4n) is 4.02. The molecule has 24 heavy (non-hydrogen) atoms. The molecule has 0 saturated carbocycles. The van der Waals surface area contributed by atoms with Crippen LogP contribution >= 0.6 is 0 Å². The molecule has 0 bridgehead atoms. The fourth-order valence-corrected chi connectivity index (χ4v) is 4.02. The molecule has 0 spiro atoms. The number of hydrogen-bond acceptors (Lipinski definition) is 3. The maximum absolute atomic E-state index is 10.8. The molecule has 3 unspecified atom stereocenters. The van der Waals surface area contributed by atoms with Gasteiger partial charge in [-0.2, -0.15) is 0 Å². The molecule has 1 heterocycles. The zero-order chi connectivity index (χ0) is 17.2. The number of phenolic OH excluding ortho intramolecular Hbond substituents is 1. The fraction of sp³-hybridized carbons (Fsp3) is 0.333. The first kappa shape index (κ1) is 16.4. The summed E-state index contributed by atoms with van der Waals surface area (Å²) in [5.41, 5.74) is 0.614. The van der Waals surface area contributed by atoms with Gasteiger partial charge < -0.3 is 14.7 Å². The molecule has 0 aromatic heterocycles. The molecule has 2 aliphatic rings. The van der Waals surface area contributed by atoms with E-state index in [4.69, 9.17) is 4.74 Å². The first-order valence-corrected chi connectivity index (χ1v) is 8.44. The van der Waals surface area contributed by atoms with Gasteiger partial charge in [-0.25, -0.2) is 0 Å². The average Bonchev–Trinajstić information content (AvgIpc) is 2.61. The molecule has 1 aliphatic carbocycles. The van der Waals surface area contributed by atoms with Crippen molar-refractivity contribution >= 4 is 0 Å². The molecule has 3 atom stereocenters. The lowest BCUT2D eigenvalue weighted by Gasteiger charge is -2.48. The van der Waals surface area contributed by atoms with Gasteiger partial charge in [0, 0.05) is 24.1 Å². The summed E-state index contributed by atoms with van der Waals surface area (Å²) in [6.07, 6.45) is 18.1. The van der Waals surface area contributed by atoms with E-state index in [1.54, 1.807) is 13.2 Å². The Morgan fingerprint density at radius 1 is 1.17 bits per heavy atom. The molecule has 126 valence electrons. The summed E-state index contributed by atoms with van der Waals surface area (Å²) >= 11 is 0. The first-order valence-electron chi connectivity index (χ1n) is 8.44. The molecule has 1 aromatic rings. The van der Waals surface area contributed by atoms with Crippen molar-refractivity contribution in [1.82, 2.24) is 4.90 Å². The van der Waals surface area contributed by atoms with Crippen LogP contribution in [0, 0.1) is 5.92 Å². The van der Waals surface area contributed by atoms with Crippen molar-refractivity contribution in [1.29, 1.82) is 0 Å². The molecule has 0 amide bonds. The second-order valence-corrected chi connectivity index (χ2v) is 6.41. The van der Waals surface area contributed by atoms with Gasteiger partial charge in [0.15, 0.2) is 0 Å². The number of rotatable bonds is 4. The van der Waals surface area contributed by atoms with Crippen LogP contribution in [-0.2, 0) is 5.41 Å². The van der Waals surface area contributed by atoms with Gasteiger partial charge in [0.2, 0.25) is 0 Å². The van der Waals surface area contributed by atoms with E-state index >= 15 is 0 Å². The van der Waals surface area contributed by atoms with Crippen LogP contribution in [0.25, 0.3) is 0 Å². The maximum atomic E-state index is 10.8. The molecule has 3 heteroatoms. The van der Waals surface area contributed by atoms with Crippen LogP contribution in [0.3, 0.4) is 0 Å². The number of likely N-dealkylation sites (N-methyl/N-ethyl adjacent to an activating group) is 1. The summed E-state index contributed by atoms with van der Waals surface area (Å²) in [7, 11) is 3.70. The van der Waals surface area contributed by atoms with E-state index in [1.807, 2.05) is 18.2 Å². The highest BCUT2D eigenvalue weighted by molar-refractivity contribution is 5.51. The smallest absolute Gasteiger partial charge is 0.123 e. The average molecular weight is 323 g/mol. The Morgan fingerprint density at radius 3 is 2.62 bits per heavy atom. The van der Waals surface area contributed by atoms with E-state index < -0.39 is 0 Å². The first-order chi connectivity index (χ1) is 11.6. The van der Waals surface area contributed by atoms with Gasteiger partial charge in [-0.05, 0) is 30.7 Å². The molecular weight excluding hydrogens is 298 g/mol. The topological polar surface area (TPSA) is 32.7 Å². The van der Waals surface area contributed by atoms with E-state index in [9.17, 15) is 5.11 Å². The largest absolute Gasteiger partial charge is 0.507 e. The Hall–Kier alpha value is -2.42. The van der Waals surface area contributed by atoms with E-state index in [1.165, 1.54) is 0 Å². The van der Waals surface area contributed by atoms with Crippen LogP contribution in [0.5, 0.6) is 11.5 Å². The van der Waals surface area contributed by atoms with Gasteiger partial charge >= 0.3 is 0 Å². The van der Waals surface area contributed by atoms with Gasteiger partial charge in [-0.3, -0.25) is 0 Å². The van der Waals surface area contributed by atoms with Gasteiger partial charge in [0.1, 0.15) is 11.5 Å². The molecule has 0 saturated heterocycles. The van der Waals surface area contributed by atoms with Crippen LogP contribution in [0.1, 0.15) is 18.9 Å². The van der Waals surface area contributed by atoms with Crippen LogP contribution in [-0.4, -0.2) is 30.2 Å². The molecular formula is C21H25NO2. The second kappa shape index (κ2) is 6.60. The molecule has 1 aromatic carbocycles. The van der Waals surface area contributed by atoms with Gasteiger partial charge in [0.25, 0.3) is 0 Å². The summed E-state index contributed by atoms with van der Waals surface area (Å²) in [6, 6.07) is 5.77. The normalized spacial score (nSPS) is 28.4. The lowest BCUT2D eigenvalue weighted by molar-refractivity contribution is 0.217. The standard InChI is InChI=1S/C21H25NO2/c1-4-16-9-5-7-13-21(16,20-10-6-8-14-22(20)2)18-12-11-17(24-3)15-19(18)23/h5-16,20,23H,4H2,1-3H3. The van der Waals surface area contributed by atoms with Gasteiger partial charge in [-0.1, -0.05) is 49.4 Å². The molecule has 1 aliphatic heterocycles. The van der Waals surface area contributed by atoms with E-state index in [0.29, 0.717) is 11.7 Å². The maximum Gasteiger partial charge on any atom is 0.123 e. The predicted molar refractivity (Wildman–Crippen MR) is 98.2 cm³/mol. The van der Waals surface area contributed by atoms with Gasteiger partial charge in [-0.15, -0.1) is 0 Å². The third-order valence-corrected chi connectivity index (χ3v) is 5.21. The molecule has 1 N–H and O–H groups in total. The minimum absolute atomic E-state index is 0.132. The highest BCUT2D eigenvalue weighted by Gasteiger charge is 2.46. The lowest BCUT2D eigenvalue weighted by Crippen LogP contribution is -2.50. The predicted octanol–water partition coefficient (Wildman–Crippen LogP) is 4.17. The highest BCUT2D eigenvalue weighted by atomic mass is 16.5. The highest BCUT2D eigenvalue weighted by Crippen LogP contribution is 2.48. The van der Waals surface area contributed by atoms with Crippen LogP contribution in [0.2, 0.25) is 0 Å². The van der Waals surface area contributed by atoms with Crippen molar-refractivity contribution < 1.29 is 9.84 Å². The molecule has 0 fully saturated rings. The zero-order valence-electron chi connectivity index (χ0n) is 14.5.